The van der Waals surface area contributed by atoms with Crippen LogP contribution in [0.3, 0.4) is 0 Å². The van der Waals surface area contributed by atoms with Crippen LogP contribution >= 0.6 is 11.6 Å². The van der Waals surface area contributed by atoms with Crippen molar-refractivity contribution in [2.24, 2.45) is 5.73 Å². The minimum atomic E-state index is -0.813. The van der Waals surface area contributed by atoms with Crippen LogP contribution in [-0.4, -0.2) is 81.9 Å². The van der Waals surface area contributed by atoms with Crippen LogP contribution in [0.15, 0.2) is 0 Å². The van der Waals surface area contributed by atoms with Gasteiger partial charge in [0.05, 0.1) is 11.9 Å². The van der Waals surface area contributed by atoms with Gasteiger partial charge in [-0.1, -0.05) is 6.92 Å². The minimum absolute atomic E-state index is 0.0373. The predicted octanol–water partition coefficient (Wildman–Crippen LogP) is -1.36. The Morgan fingerprint density at radius 2 is 2.04 bits per heavy atom. The Balaban J connectivity index is 2.97. The van der Waals surface area contributed by atoms with E-state index in [1.807, 2.05) is 0 Å². The molecule has 1 heterocycles. The van der Waals surface area contributed by atoms with E-state index in [0.717, 1.165) is 0 Å². The van der Waals surface area contributed by atoms with Gasteiger partial charge in [0.2, 0.25) is 11.8 Å². The number of nitrogens with one attached hydrogen (secondary N) is 1. The molecule has 23 heavy (non-hydrogen) atoms. The summed E-state index contributed by atoms with van der Waals surface area (Å²) in [5, 5.41) is 22.7. The minimum Gasteiger partial charge on any atom is -0.379 e. The monoisotopic (exact) mass is 350 g/mol. The lowest BCUT2D eigenvalue weighted by Crippen LogP contribution is -2.65. The maximum Gasteiger partial charge on any atom is 0.219 e. The Morgan fingerprint density at radius 3 is 2.52 bits per heavy atom. The first-order chi connectivity index (χ1) is 10.8. The molecule has 0 saturated carbocycles. The lowest BCUT2D eigenvalue weighted by Gasteiger charge is -2.46. The standard InChI is InChI=1S/C14H27ClN4O4/c1-3-13(22)17-10(6-12(16)21)11-8-18(14(23)7-15)4-5-19(11)9(2)20/h9-11,14,20,23H,3-8H2,1-2H3,(H2,16,21)(H,17,22). The average molecular weight is 351 g/mol. The third-order valence-electron chi connectivity index (χ3n) is 4.09. The molecule has 0 spiro atoms. The van der Waals surface area contributed by atoms with E-state index >= 15 is 0 Å². The molecule has 5 N–H and O–H groups in total. The second-order valence-electron chi connectivity index (χ2n) is 5.76. The van der Waals surface area contributed by atoms with Crippen molar-refractivity contribution in [2.45, 2.75) is 51.2 Å². The van der Waals surface area contributed by atoms with Gasteiger partial charge in [-0.15, -0.1) is 11.6 Å². The summed E-state index contributed by atoms with van der Waals surface area (Å²) >= 11 is 5.70. The molecule has 1 fully saturated rings. The maximum atomic E-state index is 11.8. The Hall–Kier alpha value is -0.930. The number of alkyl halides is 1. The van der Waals surface area contributed by atoms with Crippen LogP contribution in [0.1, 0.15) is 26.7 Å². The first kappa shape index (κ1) is 20.1. The van der Waals surface area contributed by atoms with Crippen molar-refractivity contribution < 1.29 is 19.8 Å². The highest BCUT2D eigenvalue weighted by atomic mass is 35.5. The van der Waals surface area contributed by atoms with E-state index in [1.165, 1.54) is 0 Å². The van der Waals surface area contributed by atoms with Gasteiger partial charge in [0.1, 0.15) is 12.5 Å². The van der Waals surface area contributed by atoms with E-state index < -0.39 is 24.4 Å². The Bertz CT molecular complexity index is 410. The fourth-order valence-electron chi connectivity index (χ4n) is 2.85. The number of nitrogens with zero attached hydrogens (tertiary/aromatic N) is 2. The second-order valence-corrected chi connectivity index (χ2v) is 6.07. The van der Waals surface area contributed by atoms with Crippen LogP contribution in [0.25, 0.3) is 0 Å². The van der Waals surface area contributed by atoms with Crippen LogP contribution in [0.5, 0.6) is 0 Å². The van der Waals surface area contributed by atoms with Crippen molar-refractivity contribution in [3.63, 3.8) is 0 Å². The predicted molar refractivity (Wildman–Crippen MR) is 86.5 cm³/mol. The highest BCUT2D eigenvalue weighted by molar-refractivity contribution is 6.18. The molecule has 1 saturated heterocycles. The number of carbonyl (C=O) groups is 2. The summed E-state index contributed by atoms with van der Waals surface area (Å²) in [6.45, 7) is 4.71. The van der Waals surface area contributed by atoms with E-state index in [0.29, 0.717) is 19.6 Å². The molecule has 134 valence electrons. The number of nitrogens with two attached hydrogens (primary N) is 1. The van der Waals surface area contributed by atoms with Crippen molar-refractivity contribution in [2.75, 3.05) is 25.5 Å². The van der Waals surface area contributed by atoms with Crippen molar-refractivity contribution in [3.8, 4) is 0 Å². The fourth-order valence-corrected chi connectivity index (χ4v) is 3.04. The fraction of sp³-hybridized carbons (Fsp3) is 0.857. The van der Waals surface area contributed by atoms with Gasteiger partial charge in [0.15, 0.2) is 0 Å². The van der Waals surface area contributed by atoms with Crippen molar-refractivity contribution in [1.29, 1.82) is 0 Å². The summed E-state index contributed by atoms with van der Waals surface area (Å²) in [6.07, 6.45) is -1.31. The topological polar surface area (TPSA) is 119 Å². The molecule has 0 aromatic rings. The molecule has 0 aromatic heterocycles. The number of halogens is 1. The summed E-state index contributed by atoms with van der Waals surface area (Å²) in [7, 11) is 0. The number of piperazine rings is 1. The number of aliphatic hydroxyl groups is 2. The van der Waals surface area contributed by atoms with Crippen LogP contribution in [0.2, 0.25) is 0 Å². The van der Waals surface area contributed by atoms with Gasteiger partial charge in [-0.25, -0.2) is 0 Å². The van der Waals surface area contributed by atoms with Gasteiger partial charge in [-0.05, 0) is 6.92 Å². The third kappa shape index (κ3) is 5.89. The smallest absolute Gasteiger partial charge is 0.219 e. The molecule has 4 unspecified atom stereocenters. The molecular formula is C14H27ClN4O4. The van der Waals surface area contributed by atoms with Crippen LogP contribution < -0.4 is 11.1 Å². The van der Waals surface area contributed by atoms with Gasteiger partial charge in [-0.3, -0.25) is 19.4 Å². The van der Waals surface area contributed by atoms with E-state index in [4.69, 9.17) is 17.3 Å². The van der Waals surface area contributed by atoms with E-state index in [-0.39, 0.29) is 30.7 Å². The van der Waals surface area contributed by atoms with Gasteiger partial charge in [-0.2, -0.15) is 0 Å². The zero-order chi connectivity index (χ0) is 17.6. The van der Waals surface area contributed by atoms with E-state index in [1.54, 1.807) is 23.6 Å². The second kappa shape index (κ2) is 9.39. The molecule has 0 aromatic carbocycles. The van der Waals surface area contributed by atoms with Gasteiger partial charge >= 0.3 is 0 Å². The largest absolute Gasteiger partial charge is 0.379 e. The molecule has 2 amide bonds. The lowest BCUT2D eigenvalue weighted by molar-refractivity contribution is -0.127. The summed E-state index contributed by atoms with van der Waals surface area (Å²) in [5.74, 6) is -0.674. The van der Waals surface area contributed by atoms with Crippen molar-refractivity contribution in [3.05, 3.63) is 0 Å². The number of carbonyl (C=O) groups excluding carboxylic acids is 2. The van der Waals surface area contributed by atoms with E-state index in [9.17, 15) is 19.8 Å². The molecule has 8 nitrogen and oxygen atoms in total. The summed E-state index contributed by atoms with van der Waals surface area (Å²) in [5.41, 5.74) is 5.30. The van der Waals surface area contributed by atoms with Crippen LogP contribution in [0, 0.1) is 0 Å². The normalized spacial score (nSPS) is 24.0. The number of aliphatic hydroxyl groups excluding tert-OH is 2. The van der Waals surface area contributed by atoms with Crippen molar-refractivity contribution in [1.82, 2.24) is 15.1 Å². The van der Waals surface area contributed by atoms with Crippen molar-refractivity contribution >= 4 is 23.4 Å². The van der Waals surface area contributed by atoms with Crippen LogP contribution in [-0.2, 0) is 9.59 Å². The van der Waals surface area contributed by atoms with Crippen LogP contribution in [0.4, 0.5) is 0 Å². The van der Waals surface area contributed by atoms with E-state index in [2.05, 4.69) is 5.32 Å². The first-order valence-corrected chi connectivity index (χ1v) is 8.33. The summed E-state index contributed by atoms with van der Waals surface area (Å²) in [6, 6.07) is -0.899. The molecular weight excluding hydrogens is 324 g/mol. The highest BCUT2D eigenvalue weighted by Crippen LogP contribution is 2.19. The lowest BCUT2D eigenvalue weighted by atomic mass is 9.98. The first-order valence-electron chi connectivity index (χ1n) is 7.79. The highest BCUT2D eigenvalue weighted by Gasteiger charge is 2.37. The quantitative estimate of drug-likeness (QED) is 0.401. The number of hydrogen-bond acceptors (Lipinski definition) is 6. The molecule has 0 bridgehead atoms. The average Bonchev–Trinajstić information content (AvgIpc) is 2.52. The molecule has 1 aliphatic heterocycles. The zero-order valence-electron chi connectivity index (χ0n) is 13.6. The molecule has 4 atom stereocenters. The molecule has 0 aliphatic carbocycles. The van der Waals surface area contributed by atoms with Gasteiger partial charge in [0, 0.05) is 38.5 Å². The Labute approximate surface area is 141 Å². The maximum absolute atomic E-state index is 11.8. The third-order valence-corrected chi connectivity index (χ3v) is 4.36. The summed E-state index contributed by atoms with van der Waals surface area (Å²) < 4.78 is 0. The SMILES string of the molecule is CCC(=O)NC(CC(N)=O)C1CN(C(O)CCl)CCN1C(C)O. The molecule has 0 radical (unpaired) electrons. The number of amides is 2. The molecule has 9 heteroatoms. The number of rotatable bonds is 8. The Kier molecular flexibility index (Phi) is 8.21. The molecule has 1 aliphatic rings. The number of primary amides is 1. The Morgan fingerprint density at radius 1 is 1.39 bits per heavy atom. The number of hydrogen-bond donors (Lipinski definition) is 4. The van der Waals surface area contributed by atoms with Gasteiger partial charge in [0.25, 0.3) is 0 Å². The summed E-state index contributed by atoms with van der Waals surface area (Å²) in [4.78, 5) is 26.7. The zero-order valence-corrected chi connectivity index (χ0v) is 14.4. The van der Waals surface area contributed by atoms with Gasteiger partial charge < -0.3 is 21.3 Å². The molecule has 1 rings (SSSR count).